The fraction of sp³-hybridized carbons (Fsp3) is 0.462. The van der Waals surface area contributed by atoms with Gasteiger partial charge in [-0.05, 0) is 18.6 Å². The van der Waals surface area contributed by atoms with E-state index in [9.17, 15) is 4.79 Å². The van der Waals surface area contributed by atoms with Crippen molar-refractivity contribution >= 4 is 11.6 Å². The first-order valence-electron chi connectivity index (χ1n) is 5.97. The lowest BCUT2D eigenvalue weighted by Gasteiger charge is -2.29. The quantitative estimate of drug-likeness (QED) is 0.866. The van der Waals surface area contributed by atoms with E-state index in [1.54, 1.807) is 4.90 Å². The van der Waals surface area contributed by atoms with Crippen LogP contribution in [0.1, 0.15) is 13.3 Å². The van der Waals surface area contributed by atoms with Gasteiger partial charge in [0.25, 0.3) is 5.91 Å². The van der Waals surface area contributed by atoms with Gasteiger partial charge in [0.1, 0.15) is 5.75 Å². The van der Waals surface area contributed by atoms with Crippen molar-refractivity contribution in [3.8, 4) is 5.75 Å². The maximum atomic E-state index is 12.1. The Bertz CT molecular complexity index is 406. The SMILES string of the molecule is CCCN(C)C(=O)C1CNc2ccccc2O1. The molecule has 0 bridgehead atoms. The summed E-state index contributed by atoms with van der Waals surface area (Å²) in [5.41, 5.74) is 0.953. The topological polar surface area (TPSA) is 41.6 Å². The van der Waals surface area contributed by atoms with Gasteiger partial charge in [0.05, 0.1) is 12.2 Å². The van der Waals surface area contributed by atoms with Crippen LogP contribution in [0, 0.1) is 0 Å². The zero-order valence-electron chi connectivity index (χ0n) is 10.3. The molecule has 1 aliphatic heterocycles. The van der Waals surface area contributed by atoms with Gasteiger partial charge in [0.2, 0.25) is 0 Å². The van der Waals surface area contributed by atoms with E-state index in [2.05, 4.69) is 12.2 Å². The highest BCUT2D eigenvalue weighted by Gasteiger charge is 2.27. The summed E-state index contributed by atoms with van der Waals surface area (Å²) < 4.78 is 5.71. The molecule has 2 rings (SSSR count). The first-order chi connectivity index (χ1) is 8.22. The highest BCUT2D eigenvalue weighted by atomic mass is 16.5. The lowest BCUT2D eigenvalue weighted by Crippen LogP contribution is -2.45. The maximum absolute atomic E-state index is 12.1. The molecule has 92 valence electrons. The van der Waals surface area contributed by atoms with Crippen LogP contribution in [-0.4, -0.2) is 37.0 Å². The van der Waals surface area contributed by atoms with Gasteiger partial charge < -0.3 is 15.0 Å². The number of carbonyl (C=O) groups excluding carboxylic acids is 1. The van der Waals surface area contributed by atoms with Crippen LogP contribution < -0.4 is 10.1 Å². The van der Waals surface area contributed by atoms with Crippen LogP contribution in [0.25, 0.3) is 0 Å². The average Bonchev–Trinajstić information content (AvgIpc) is 2.37. The maximum Gasteiger partial charge on any atom is 0.265 e. The van der Waals surface area contributed by atoms with E-state index in [0.717, 1.165) is 24.4 Å². The molecule has 0 aliphatic carbocycles. The zero-order chi connectivity index (χ0) is 12.3. The van der Waals surface area contributed by atoms with Crippen LogP contribution in [-0.2, 0) is 4.79 Å². The van der Waals surface area contributed by atoms with Gasteiger partial charge >= 0.3 is 0 Å². The molecule has 1 heterocycles. The first-order valence-corrected chi connectivity index (χ1v) is 5.97. The minimum absolute atomic E-state index is 0.0360. The largest absolute Gasteiger partial charge is 0.477 e. The molecule has 0 aromatic heterocycles. The molecule has 17 heavy (non-hydrogen) atoms. The number of hydrogen-bond donors (Lipinski definition) is 1. The normalized spacial score (nSPS) is 17.6. The van der Waals surface area contributed by atoms with Gasteiger partial charge in [-0.2, -0.15) is 0 Å². The lowest BCUT2D eigenvalue weighted by molar-refractivity contribution is -0.137. The Morgan fingerprint density at radius 1 is 1.53 bits per heavy atom. The van der Waals surface area contributed by atoms with Crippen molar-refractivity contribution in [3.05, 3.63) is 24.3 Å². The molecule has 0 fully saturated rings. The Hall–Kier alpha value is -1.71. The molecule has 4 heteroatoms. The predicted octanol–water partition coefficient (Wildman–Crippen LogP) is 1.73. The first kappa shape index (κ1) is 11.8. The number of anilines is 1. The second-order valence-corrected chi connectivity index (χ2v) is 4.24. The fourth-order valence-corrected chi connectivity index (χ4v) is 1.94. The van der Waals surface area contributed by atoms with Crippen molar-refractivity contribution in [1.29, 1.82) is 0 Å². The van der Waals surface area contributed by atoms with Gasteiger partial charge in [-0.1, -0.05) is 19.1 Å². The Labute approximate surface area is 102 Å². The molecular formula is C13H18N2O2. The van der Waals surface area contributed by atoms with E-state index in [4.69, 9.17) is 4.74 Å². The Kier molecular flexibility index (Phi) is 3.52. The number of rotatable bonds is 3. The van der Waals surface area contributed by atoms with Crippen molar-refractivity contribution in [1.82, 2.24) is 4.90 Å². The van der Waals surface area contributed by atoms with Gasteiger partial charge in [-0.25, -0.2) is 0 Å². The molecule has 0 saturated heterocycles. The van der Waals surface area contributed by atoms with Crippen molar-refractivity contribution in [2.45, 2.75) is 19.4 Å². The third kappa shape index (κ3) is 2.52. The summed E-state index contributed by atoms with van der Waals surface area (Å²) >= 11 is 0. The Balaban J connectivity index is 2.05. The Morgan fingerprint density at radius 2 is 2.29 bits per heavy atom. The number of likely N-dealkylation sites (N-methyl/N-ethyl adjacent to an activating group) is 1. The third-order valence-corrected chi connectivity index (χ3v) is 2.84. The summed E-state index contributed by atoms with van der Waals surface area (Å²) in [5, 5.41) is 3.22. The van der Waals surface area contributed by atoms with Crippen LogP contribution in [0.4, 0.5) is 5.69 Å². The van der Waals surface area contributed by atoms with Crippen molar-refractivity contribution in [2.24, 2.45) is 0 Å². The molecule has 1 aliphatic rings. The molecule has 1 aromatic rings. The smallest absolute Gasteiger partial charge is 0.265 e. The number of fused-ring (bicyclic) bond motifs is 1. The fourth-order valence-electron chi connectivity index (χ4n) is 1.94. The lowest BCUT2D eigenvalue weighted by atomic mass is 10.2. The molecule has 0 spiro atoms. The van der Waals surface area contributed by atoms with Crippen molar-refractivity contribution in [3.63, 3.8) is 0 Å². The van der Waals surface area contributed by atoms with Crippen LogP contribution in [0.5, 0.6) is 5.75 Å². The number of benzene rings is 1. The average molecular weight is 234 g/mol. The van der Waals surface area contributed by atoms with E-state index in [1.807, 2.05) is 31.3 Å². The minimum atomic E-state index is -0.415. The molecule has 4 nitrogen and oxygen atoms in total. The van der Waals surface area contributed by atoms with Crippen LogP contribution in [0.3, 0.4) is 0 Å². The predicted molar refractivity (Wildman–Crippen MR) is 67.3 cm³/mol. The molecule has 1 amide bonds. The molecule has 1 N–H and O–H groups in total. The highest BCUT2D eigenvalue weighted by Crippen LogP contribution is 2.28. The second-order valence-electron chi connectivity index (χ2n) is 4.24. The summed E-state index contributed by atoms with van der Waals surface area (Å²) in [6.07, 6.45) is 0.542. The number of amides is 1. The third-order valence-electron chi connectivity index (χ3n) is 2.84. The standard InChI is InChI=1S/C13H18N2O2/c1-3-8-15(2)13(16)12-9-14-10-6-4-5-7-11(10)17-12/h4-7,12,14H,3,8-9H2,1-2H3. The number of carbonyl (C=O) groups is 1. The van der Waals surface area contributed by atoms with E-state index in [0.29, 0.717) is 6.54 Å². The van der Waals surface area contributed by atoms with Gasteiger partial charge in [-0.15, -0.1) is 0 Å². The van der Waals surface area contributed by atoms with Crippen molar-refractivity contribution in [2.75, 3.05) is 25.5 Å². The monoisotopic (exact) mass is 234 g/mol. The summed E-state index contributed by atoms with van der Waals surface area (Å²) in [7, 11) is 1.82. The molecule has 0 radical (unpaired) electrons. The summed E-state index contributed by atoms with van der Waals surface area (Å²) in [6.45, 7) is 3.35. The summed E-state index contributed by atoms with van der Waals surface area (Å²) in [5.74, 6) is 0.788. The van der Waals surface area contributed by atoms with E-state index in [-0.39, 0.29) is 5.91 Å². The number of hydrogen-bond acceptors (Lipinski definition) is 3. The zero-order valence-corrected chi connectivity index (χ0v) is 10.3. The van der Waals surface area contributed by atoms with Crippen LogP contribution >= 0.6 is 0 Å². The van der Waals surface area contributed by atoms with Gasteiger partial charge in [-0.3, -0.25) is 4.79 Å². The molecule has 0 saturated carbocycles. The van der Waals surface area contributed by atoms with E-state index >= 15 is 0 Å². The van der Waals surface area contributed by atoms with Crippen LogP contribution in [0.15, 0.2) is 24.3 Å². The van der Waals surface area contributed by atoms with Crippen LogP contribution in [0.2, 0.25) is 0 Å². The molecule has 1 aromatic carbocycles. The van der Waals surface area contributed by atoms with E-state index < -0.39 is 6.10 Å². The molecule has 1 unspecified atom stereocenters. The van der Waals surface area contributed by atoms with Gasteiger partial charge in [0.15, 0.2) is 6.10 Å². The molecular weight excluding hydrogens is 216 g/mol. The number of para-hydroxylation sites is 2. The Morgan fingerprint density at radius 3 is 3.06 bits per heavy atom. The number of ether oxygens (including phenoxy) is 1. The number of nitrogens with one attached hydrogen (secondary N) is 1. The summed E-state index contributed by atoms with van der Waals surface area (Å²) in [4.78, 5) is 13.8. The summed E-state index contributed by atoms with van der Waals surface area (Å²) in [6, 6.07) is 7.68. The van der Waals surface area contributed by atoms with Crippen molar-refractivity contribution < 1.29 is 9.53 Å². The minimum Gasteiger partial charge on any atom is -0.477 e. The second kappa shape index (κ2) is 5.08. The van der Waals surface area contributed by atoms with Gasteiger partial charge in [0, 0.05) is 13.6 Å². The van der Waals surface area contributed by atoms with E-state index in [1.165, 1.54) is 0 Å². The highest BCUT2D eigenvalue weighted by molar-refractivity contribution is 5.82. The number of nitrogens with zero attached hydrogens (tertiary/aromatic N) is 1. The molecule has 1 atom stereocenters.